The molecule has 0 unspecified atom stereocenters. The number of carboxylic acid groups (broad SMARTS) is 1. The zero-order valence-electron chi connectivity index (χ0n) is 8.79. The van der Waals surface area contributed by atoms with Crippen molar-refractivity contribution in [1.82, 2.24) is 14.9 Å². The van der Waals surface area contributed by atoms with Crippen molar-refractivity contribution in [2.75, 3.05) is 13.1 Å². The van der Waals surface area contributed by atoms with Gasteiger partial charge >= 0.3 is 5.97 Å². The third-order valence-corrected chi connectivity index (χ3v) is 2.77. The van der Waals surface area contributed by atoms with Crippen molar-refractivity contribution in [2.24, 2.45) is 13.0 Å². The Labute approximate surface area is 106 Å². The van der Waals surface area contributed by atoms with E-state index in [1.54, 1.807) is 12.5 Å². The van der Waals surface area contributed by atoms with Crippen molar-refractivity contribution < 1.29 is 9.90 Å². The van der Waals surface area contributed by atoms with Gasteiger partial charge < -0.3 is 15.0 Å². The number of nitrogens with zero attached hydrogens (tertiary/aromatic N) is 2. The summed E-state index contributed by atoms with van der Waals surface area (Å²) in [6.07, 6.45) is 3.44. The Morgan fingerprint density at radius 3 is 2.75 bits per heavy atom. The van der Waals surface area contributed by atoms with Gasteiger partial charge in [-0.05, 0) is 0 Å². The van der Waals surface area contributed by atoms with Gasteiger partial charge in [-0.15, -0.1) is 24.8 Å². The van der Waals surface area contributed by atoms with Crippen LogP contribution in [0.3, 0.4) is 0 Å². The second-order valence-corrected chi connectivity index (χ2v) is 3.64. The number of aromatic nitrogens is 2. The third-order valence-electron chi connectivity index (χ3n) is 2.77. The van der Waals surface area contributed by atoms with Crippen LogP contribution >= 0.6 is 24.8 Å². The summed E-state index contributed by atoms with van der Waals surface area (Å²) in [7, 11) is 1.89. The van der Waals surface area contributed by atoms with E-state index in [0.29, 0.717) is 6.54 Å². The SMILES string of the molecule is Cl.Cl.Cn1cncc1[C@H]1CNC[C@@H]1C(=O)O. The van der Waals surface area contributed by atoms with Crippen LogP contribution in [-0.2, 0) is 11.8 Å². The molecule has 5 nitrogen and oxygen atoms in total. The Balaban J connectivity index is 0.00000112. The van der Waals surface area contributed by atoms with E-state index in [-0.39, 0.29) is 36.6 Å². The molecule has 1 fully saturated rings. The highest BCUT2D eigenvalue weighted by Gasteiger charge is 2.35. The molecule has 2 atom stereocenters. The topological polar surface area (TPSA) is 67.2 Å². The normalized spacial score (nSPS) is 23.3. The average Bonchev–Trinajstić information content (AvgIpc) is 2.70. The summed E-state index contributed by atoms with van der Waals surface area (Å²) in [4.78, 5) is 15.0. The van der Waals surface area contributed by atoms with E-state index in [0.717, 1.165) is 12.2 Å². The number of aliphatic carboxylic acids is 1. The van der Waals surface area contributed by atoms with E-state index in [9.17, 15) is 4.79 Å². The van der Waals surface area contributed by atoms with Gasteiger partial charge in [-0.2, -0.15) is 0 Å². The van der Waals surface area contributed by atoms with Crippen molar-refractivity contribution in [3.63, 3.8) is 0 Å². The molecule has 1 saturated heterocycles. The molecule has 1 aromatic heterocycles. The van der Waals surface area contributed by atoms with Gasteiger partial charge in [0.2, 0.25) is 0 Å². The first-order chi connectivity index (χ1) is 6.70. The van der Waals surface area contributed by atoms with Crippen molar-refractivity contribution in [3.05, 3.63) is 18.2 Å². The van der Waals surface area contributed by atoms with Crippen LogP contribution in [0.1, 0.15) is 11.6 Å². The first-order valence-electron chi connectivity index (χ1n) is 4.60. The van der Waals surface area contributed by atoms with Crippen LogP contribution in [0.4, 0.5) is 0 Å². The average molecular weight is 268 g/mol. The molecule has 0 amide bonds. The summed E-state index contributed by atoms with van der Waals surface area (Å²) >= 11 is 0. The molecule has 0 bridgehead atoms. The van der Waals surface area contributed by atoms with Gasteiger partial charge in [0, 0.05) is 37.9 Å². The third kappa shape index (κ3) is 2.66. The number of carboxylic acids is 1. The van der Waals surface area contributed by atoms with Crippen LogP contribution in [0.25, 0.3) is 0 Å². The second kappa shape index (κ2) is 6.08. The fraction of sp³-hybridized carbons (Fsp3) is 0.556. The van der Waals surface area contributed by atoms with E-state index >= 15 is 0 Å². The number of halogens is 2. The molecule has 2 N–H and O–H groups in total. The fourth-order valence-electron chi connectivity index (χ4n) is 1.97. The van der Waals surface area contributed by atoms with Gasteiger partial charge in [0.25, 0.3) is 0 Å². The number of rotatable bonds is 2. The summed E-state index contributed by atoms with van der Waals surface area (Å²) in [5.74, 6) is -1.02. The molecular weight excluding hydrogens is 253 g/mol. The lowest BCUT2D eigenvalue weighted by atomic mass is 9.93. The smallest absolute Gasteiger partial charge is 0.308 e. The van der Waals surface area contributed by atoms with Crippen LogP contribution < -0.4 is 5.32 Å². The number of aryl methyl sites for hydroxylation is 1. The summed E-state index contributed by atoms with van der Waals surface area (Å²) in [5, 5.41) is 12.1. The first kappa shape index (κ1) is 15.2. The Bertz CT molecular complexity index is 356. The van der Waals surface area contributed by atoms with Crippen LogP contribution in [-0.4, -0.2) is 33.7 Å². The molecule has 1 aliphatic heterocycles. The lowest BCUT2D eigenvalue weighted by Crippen LogP contribution is -2.22. The number of hydrogen-bond acceptors (Lipinski definition) is 3. The maximum atomic E-state index is 10.9. The largest absolute Gasteiger partial charge is 0.481 e. The minimum atomic E-state index is -0.735. The number of nitrogens with one attached hydrogen (secondary N) is 1. The minimum absolute atomic E-state index is 0. The Morgan fingerprint density at radius 1 is 1.56 bits per heavy atom. The predicted molar refractivity (Wildman–Crippen MR) is 64.4 cm³/mol. The molecule has 7 heteroatoms. The van der Waals surface area contributed by atoms with E-state index in [4.69, 9.17) is 5.11 Å². The highest BCUT2D eigenvalue weighted by molar-refractivity contribution is 5.85. The maximum absolute atomic E-state index is 10.9. The van der Waals surface area contributed by atoms with E-state index in [1.807, 2.05) is 11.6 Å². The predicted octanol–water partition coefficient (Wildman–Crippen LogP) is 0.651. The molecule has 16 heavy (non-hydrogen) atoms. The van der Waals surface area contributed by atoms with Crippen molar-refractivity contribution in [1.29, 1.82) is 0 Å². The van der Waals surface area contributed by atoms with Crippen LogP contribution in [0.15, 0.2) is 12.5 Å². The highest BCUT2D eigenvalue weighted by atomic mass is 35.5. The van der Waals surface area contributed by atoms with E-state index in [2.05, 4.69) is 10.3 Å². The molecular formula is C9H15Cl2N3O2. The summed E-state index contributed by atoms with van der Waals surface area (Å²) in [5.41, 5.74) is 0.988. The fourth-order valence-corrected chi connectivity index (χ4v) is 1.97. The maximum Gasteiger partial charge on any atom is 0.308 e. The Hall–Kier alpha value is -0.780. The molecule has 0 spiro atoms. The molecule has 1 aromatic rings. The Morgan fingerprint density at radius 2 is 2.25 bits per heavy atom. The molecule has 0 aromatic carbocycles. The van der Waals surface area contributed by atoms with Gasteiger partial charge in [0.1, 0.15) is 0 Å². The number of carbonyl (C=O) groups is 1. The van der Waals surface area contributed by atoms with Gasteiger partial charge in [-0.1, -0.05) is 0 Å². The second-order valence-electron chi connectivity index (χ2n) is 3.64. The van der Waals surface area contributed by atoms with Gasteiger partial charge in [-0.25, -0.2) is 4.98 Å². The molecule has 2 rings (SSSR count). The number of hydrogen-bond donors (Lipinski definition) is 2. The van der Waals surface area contributed by atoms with Crippen LogP contribution in [0, 0.1) is 5.92 Å². The lowest BCUT2D eigenvalue weighted by molar-refractivity contribution is -0.141. The van der Waals surface area contributed by atoms with Crippen molar-refractivity contribution in [2.45, 2.75) is 5.92 Å². The quantitative estimate of drug-likeness (QED) is 0.826. The summed E-state index contributed by atoms with van der Waals surface area (Å²) in [6.45, 7) is 1.27. The highest BCUT2D eigenvalue weighted by Crippen LogP contribution is 2.27. The molecule has 2 heterocycles. The summed E-state index contributed by atoms with van der Waals surface area (Å²) < 4.78 is 1.88. The molecule has 0 saturated carbocycles. The molecule has 92 valence electrons. The first-order valence-corrected chi connectivity index (χ1v) is 4.60. The molecule has 1 aliphatic rings. The molecule has 0 aliphatic carbocycles. The monoisotopic (exact) mass is 267 g/mol. The van der Waals surface area contributed by atoms with Crippen molar-refractivity contribution in [3.8, 4) is 0 Å². The number of imidazole rings is 1. The van der Waals surface area contributed by atoms with Crippen molar-refractivity contribution >= 4 is 30.8 Å². The van der Waals surface area contributed by atoms with E-state index < -0.39 is 5.97 Å². The standard InChI is InChI=1S/C9H13N3O2.2ClH/c1-12-5-11-4-8(12)6-2-10-3-7(6)9(13)14;;/h4-7,10H,2-3H2,1H3,(H,13,14);2*1H/t6-,7-;;/m0../s1. The van der Waals surface area contributed by atoms with Gasteiger partial charge in [0.05, 0.1) is 12.2 Å². The zero-order valence-corrected chi connectivity index (χ0v) is 10.4. The zero-order chi connectivity index (χ0) is 10.1. The minimum Gasteiger partial charge on any atom is -0.481 e. The van der Waals surface area contributed by atoms with E-state index in [1.165, 1.54) is 0 Å². The molecule has 0 radical (unpaired) electrons. The Kier molecular flexibility index (Phi) is 5.78. The summed E-state index contributed by atoms with van der Waals surface area (Å²) in [6, 6.07) is 0. The lowest BCUT2D eigenvalue weighted by Gasteiger charge is -2.14. The van der Waals surface area contributed by atoms with Crippen LogP contribution in [0.5, 0.6) is 0 Å². The van der Waals surface area contributed by atoms with Gasteiger partial charge in [0.15, 0.2) is 0 Å². The van der Waals surface area contributed by atoms with Crippen LogP contribution in [0.2, 0.25) is 0 Å². The van der Waals surface area contributed by atoms with Gasteiger partial charge in [-0.3, -0.25) is 4.79 Å².